The highest BCUT2D eigenvalue weighted by Gasteiger charge is 2.37. The number of hydrogen-bond acceptors (Lipinski definition) is 6. The average molecular weight is 623 g/mol. The first-order valence-electron chi connectivity index (χ1n) is 12.9. The predicted octanol–water partition coefficient (Wildman–Crippen LogP) is 5.36. The summed E-state index contributed by atoms with van der Waals surface area (Å²) < 4.78 is 34.7. The van der Waals surface area contributed by atoms with Crippen molar-refractivity contribution < 1.29 is 22.7 Å². The maximum atomic E-state index is 14.0. The second-order valence-corrected chi connectivity index (χ2v) is 13.6. The van der Waals surface area contributed by atoms with Crippen LogP contribution in [-0.2, 0) is 30.8 Å². The van der Waals surface area contributed by atoms with E-state index in [1.807, 2.05) is 17.5 Å². The number of thiophene rings is 1. The molecule has 212 valence electrons. The van der Waals surface area contributed by atoms with Gasteiger partial charge in [0.25, 0.3) is 0 Å². The Labute approximate surface area is 247 Å². The Morgan fingerprint density at radius 3 is 2.58 bits per heavy atom. The molecule has 1 N–H and O–H groups in total. The van der Waals surface area contributed by atoms with Crippen molar-refractivity contribution in [3.05, 3.63) is 80.0 Å². The second kappa shape index (κ2) is 12.2. The number of ether oxygens (including phenoxy) is 1. The second-order valence-electron chi connectivity index (χ2n) is 9.84. The summed E-state index contributed by atoms with van der Waals surface area (Å²) in [5.74, 6) is -0.587. The summed E-state index contributed by atoms with van der Waals surface area (Å²) in [4.78, 5) is 28.3. The highest BCUT2D eigenvalue weighted by atomic mass is 35.5. The van der Waals surface area contributed by atoms with Crippen LogP contribution >= 0.6 is 34.5 Å². The van der Waals surface area contributed by atoms with Gasteiger partial charge in [-0.05, 0) is 78.2 Å². The molecule has 1 saturated heterocycles. The first kappa shape index (κ1) is 29.0. The highest BCUT2D eigenvalue weighted by Crippen LogP contribution is 2.41. The minimum Gasteiger partial charge on any atom is -0.377 e. The fourth-order valence-electron chi connectivity index (χ4n) is 5.21. The van der Waals surface area contributed by atoms with E-state index in [9.17, 15) is 18.0 Å². The molecule has 0 spiro atoms. The first-order chi connectivity index (χ1) is 19.1. The zero-order chi connectivity index (χ0) is 28.4. The molecule has 3 aromatic rings. The van der Waals surface area contributed by atoms with Gasteiger partial charge in [0.1, 0.15) is 0 Å². The van der Waals surface area contributed by atoms with Crippen molar-refractivity contribution in [3.63, 3.8) is 0 Å². The van der Waals surface area contributed by atoms with Gasteiger partial charge in [-0.15, -0.1) is 11.3 Å². The smallest absolute Gasteiger partial charge is 0.243 e. The van der Waals surface area contributed by atoms with Crippen LogP contribution in [0.2, 0.25) is 10.0 Å². The van der Waals surface area contributed by atoms with E-state index in [0.717, 1.165) is 17.5 Å². The van der Waals surface area contributed by atoms with Gasteiger partial charge in [-0.25, -0.2) is 8.42 Å². The predicted molar refractivity (Wildman–Crippen MR) is 157 cm³/mol. The number of halogens is 2. The van der Waals surface area contributed by atoms with Crippen molar-refractivity contribution in [2.45, 2.75) is 43.2 Å². The number of rotatable bonds is 8. The molecule has 5 rings (SSSR count). The van der Waals surface area contributed by atoms with Gasteiger partial charge < -0.3 is 15.0 Å². The Morgan fingerprint density at radius 1 is 1.12 bits per heavy atom. The van der Waals surface area contributed by atoms with Gasteiger partial charge in [0.05, 0.1) is 23.6 Å². The van der Waals surface area contributed by atoms with Crippen LogP contribution in [0.1, 0.15) is 41.8 Å². The minimum absolute atomic E-state index is 0.0310. The molecule has 1 aromatic heterocycles. The molecule has 40 heavy (non-hydrogen) atoms. The Balaban J connectivity index is 1.46. The Bertz CT molecular complexity index is 1500. The van der Waals surface area contributed by atoms with Crippen LogP contribution in [0.4, 0.5) is 5.69 Å². The lowest BCUT2D eigenvalue weighted by Crippen LogP contribution is -2.48. The molecule has 0 saturated carbocycles. The summed E-state index contributed by atoms with van der Waals surface area (Å²) >= 11 is 14.4. The Kier molecular flexibility index (Phi) is 8.84. The van der Waals surface area contributed by atoms with E-state index in [1.165, 1.54) is 40.4 Å². The van der Waals surface area contributed by atoms with Crippen LogP contribution < -0.4 is 5.32 Å². The summed E-state index contributed by atoms with van der Waals surface area (Å²) in [5, 5.41) is 5.56. The van der Waals surface area contributed by atoms with Crippen LogP contribution in [0.25, 0.3) is 0 Å². The van der Waals surface area contributed by atoms with E-state index >= 15 is 0 Å². The zero-order valence-corrected chi connectivity index (χ0v) is 25.0. The highest BCUT2D eigenvalue weighted by molar-refractivity contribution is 7.89. The standard InChI is InChI=1S/C28H29Cl2N3O5S2/c1-18(34)31-20-5-7-22(8-6-20)40(36,37)32(16-21-3-2-13-38-21)17-27(35)33-12-10-26-24(11-14-39-26)28(33)23-9-4-19(29)15-25(23)30/h4-9,11,14-15,21,28H,2-3,10,12-13,16-17H2,1H3,(H,31,34). The normalized spacial score (nSPS) is 19.1. The van der Waals surface area contributed by atoms with E-state index in [0.29, 0.717) is 41.7 Å². The number of nitrogens with one attached hydrogen (secondary N) is 1. The quantitative estimate of drug-likeness (QED) is 0.365. The lowest BCUT2D eigenvalue weighted by Gasteiger charge is -2.38. The largest absolute Gasteiger partial charge is 0.377 e. The monoisotopic (exact) mass is 621 g/mol. The molecule has 3 heterocycles. The molecule has 0 bridgehead atoms. The molecule has 2 amide bonds. The zero-order valence-electron chi connectivity index (χ0n) is 21.8. The lowest BCUT2D eigenvalue weighted by atomic mass is 9.93. The number of amides is 2. The molecule has 2 unspecified atom stereocenters. The third kappa shape index (κ3) is 6.22. The molecule has 0 radical (unpaired) electrons. The Morgan fingerprint density at radius 2 is 1.90 bits per heavy atom. The Hall–Kier alpha value is -2.47. The third-order valence-electron chi connectivity index (χ3n) is 7.10. The summed E-state index contributed by atoms with van der Waals surface area (Å²) in [5.41, 5.74) is 2.20. The van der Waals surface area contributed by atoms with E-state index < -0.39 is 16.1 Å². The molecule has 8 nitrogen and oxygen atoms in total. The number of carbonyl (C=O) groups excluding carboxylic acids is 2. The molecule has 2 aliphatic rings. The fourth-order valence-corrected chi connectivity index (χ4v) is 8.05. The van der Waals surface area contributed by atoms with Gasteiger partial charge in [0.2, 0.25) is 21.8 Å². The topological polar surface area (TPSA) is 96.0 Å². The molecule has 2 atom stereocenters. The summed E-state index contributed by atoms with van der Waals surface area (Å²) in [7, 11) is -4.06. The van der Waals surface area contributed by atoms with Crippen LogP contribution in [0, 0.1) is 0 Å². The number of hydrogen-bond donors (Lipinski definition) is 1. The van der Waals surface area contributed by atoms with E-state index in [2.05, 4.69) is 5.32 Å². The van der Waals surface area contributed by atoms with Crippen molar-refractivity contribution >= 4 is 62.1 Å². The maximum absolute atomic E-state index is 14.0. The number of nitrogens with zero attached hydrogens (tertiary/aromatic N) is 2. The molecule has 2 aromatic carbocycles. The number of benzene rings is 2. The number of fused-ring (bicyclic) bond motifs is 1. The summed E-state index contributed by atoms with van der Waals surface area (Å²) in [6.07, 6.45) is 1.92. The SMILES string of the molecule is CC(=O)Nc1ccc(S(=O)(=O)N(CC(=O)N2CCc3sccc3C2c2ccc(Cl)cc2Cl)CC2CCCO2)cc1. The first-order valence-corrected chi connectivity index (χ1v) is 16.0. The molecule has 0 aliphatic carbocycles. The van der Waals surface area contributed by atoms with E-state index in [4.69, 9.17) is 27.9 Å². The van der Waals surface area contributed by atoms with Crippen molar-refractivity contribution in [3.8, 4) is 0 Å². The van der Waals surface area contributed by atoms with Gasteiger partial charge >= 0.3 is 0 Å². The van der Waals surface area contributed by atoms with E-state index in [-0.39, 0.29) is 35.9 Å². The van der Waals surface area contributed by atoms with E-state index in [1.54, 1.807) is 28.4 Å². The van der Waals surface area contributed by atoms with Crippen molar-refractivity contribution in [2.24, 2.45) is 0 Å². The molecule has 2 aliphatic heterocycles. The van der Waals surface area contributed by atoms with Crippen LogP contribution in [0.5, 0.6) is 0 Å². The fraction of sp³-hybridized carbons (Fsp3) is 0.357. The van der Waals surface area contributed by atoms with Gasteiger partial charge in [-0.1, -0.05) is 29.3 Å². The van der Waals surface area contributed by atoms with Gasteiger partial charge in [0, 0.05) is 47.2 Å². The van der Waals surface area contributed by atoms with Gasteiger partial charge in [-0.3, -0.25) is 9.59 Å². The van der Waals surface area contributed by atoms with Crippen molar-refractivity contribution in [1.82, 2.24) is 9.21 Å². The van der Waals surface area contributed by atoms with Crippen LogP contribution in [-0.4, -0.2) is 61.8 Å². The molecule has 1 fully saturated rings. The number of sulfonamides is 1. The van der Waals surface area contributed by atoms with Crippen molar-refractivity contribution in [1.29, 1.82) is 0 Å². The molecular formula is C28H29Cl2N3O5S2. The minimum atomic E-state index is -4.06. The van der Waals surface area contributed by atoms with Gasteiger partial charge in [0.15, 0.2) is 0 Å². The molecular weight excluding hydrogens is 593 g/mol. The maximum Gasteiger partial charge on any atom is 0.243 e. The summed E-state index contributed by atoms with van der Waals surface area (Å²) in [6.45, 7) is 2.07. The lowest BCUT2D eigenvalue weighted by molar-refractivity contribution is -0.133. The number of carbonyl (C=O) groups is 2. The van der Waals surface area contributed by atoms with Crippen LogP contribution in [0.3, 0.4) is 0 Å². The number of anilines is 1. The van der Waals surface area contributed by atoms with Crippen molar-refractivity contribution in [2.75, 3.05) is 31.6 Å². The van der Waals surface area contributed by atoms with Crippen LogP contribution in [0.15, 0.2) is 58.8 Å². The van der Waals surface area contributed by atoms with Gasteiger partial charge in [-0.2, -0.15) is 4.31 Å². The molecule has 12 heteroatoms. The summed E-state index contributed by atoms with van der Waals surface area (Å²) in [6, 6.07) is 12.7. The average Bonchev–Trinajstić information content (AvgIpc) is 3.60. The third-order valence-corrected chi connectivity index (χ3v) is 10.5.